The van der Waals surface area contributed by atoms with Crippen molar-refractivity contribution < 1.29 is 4.39 Å². The third kappa shape index (κ3) is 3.43. The van der Waals surface area contributed by atoms with Crippen LogP contribution in [0.15, 0.2) is 43.2 Å². The topological polar surface area (TPSA) is 29.9 Å². The van der Waals surface area contributed by atoms with Gasteiger partial charge in [-0.2, -0.15) is 0 Å². The van der Waals surface area contributed by atoms with Crippen molar-refractivity contribution in [2.45, 2.75) is 13.1 Å². The first-order chi connectivity index (χ1) is 9.22. The molecule has 1 heterocycles. The molecule has 0 bridgehead atoms. The second-order valence-corrected chi connectivity index (χ2v) is 4.50. The highest BCUT2D eigenvalue weighted by Gasteiger charge is 2.09. The maximum atomic E-state index is 13.7. The molecule has 1 aromatic carbocycles. The van der Waals surface area contributed by atoms with Gasteiger partial charge < -0.3 is 9.88 Å². The zero-order chi connectivity index (χ0) is 13.7. The van der Waals surface area contributed by atoms with Crippen LogP contribution in [0.3, 0.4) is 0 Å². The van der Waals surface area contributed by atoms with E-state index in [-0.39, 0.29) is 5.82 Å². The SMILES string of the molecule is C=CCNCc1nccn1Cc1c(F)cccc1Cl. The Morgan fingerprint density at radius 2 is 2.32 bits per heavy atom. The van der Waals surface area contributed by atoms with Crippen LogP contribution in [0.2, 0.25) is 5.02 Å². The lowest BCUT2D eigenvalue weighted by molar-refractivity contribution is 0.588. The fourth-order valence-electron chi connectivity index (χ4n) is 1.79. The minimum atomic E-state index is -0.300. The number of hydrogen-bond acceptors (Lipinski definition) is 2. The molecule has 0 aliphatic rings. The van der Waals surface area contributed by atoms with Gasteiger partial charge in [0, 0.05) is 29.5 Å². The molecule has 19 heavy (non-hydrogen) atoms. The van der Waals surface area contributed by atoms with E-state index in [1.165, 1.54) is 6.07 Å². The molecule has 1 aromatic heterocycles. The van der Waals surface area contributed by atoms with Crippen molar-refractivity contribution >= 4 is 11.6 Å². The fourth-order valence-corrected chi connectivity index (χ4v) is 2.01. The van der Waals surface area contributed by atoms with Crippen molar-refractivity contribution in [1.29, 1.82) is 0 Å². The largest absolute Gasteiger partial charge is 0.329 e. The Morgan fingerprint density at radius 3 is 3.05 bits per heavy atom. The van der Waals surface area contributed by atoms with E-state index in [0.29, 0.717) is 30.2 Å². The number of nitrogens with one attached hydrogen (secondary N) is 1. The average molecular weight is 280 g/mol. The van der Waals surface area contributed by atoms with Crippen LogP contribution < -0.4 is 5.32 Å². The van der Waals surface area contributed by atoms with Crippen molar-refractivity contribution in [2.24, 2.45) is 0 Å². The Hall–Kier alpha value is -1.65. The van der Waals surface area contributed by atoms with Gasteiger partial charge in [-0.25, -0.2) is 9.37 Å². The van der Waals surface area contributed by atoms with Gasteiger partial charge in [0.2, 0.25) is 0 Å². The summed E-state index contributed by atoms with van der Waals surface area (Å²) in [5.41, 5.74) is 0.479. The molecule has 100 valence electrons. The summed E-state index contributed by atoms with van der Waals surface area (Å²) >= 11 is 6.02. The lowest BCUT2D eigenvalue weighted by Crippen LogP contribution is -2.17. The van der Waals surface area contributed by atoms with E-state index >= 15 is 0 Å². The molecule has 1 N–H and O–H groups in total. The summed E-state index contributed by atoms with van der Waals surface area (Å²) in [6.07, 6.45) is 5.29. The zero-order valence-corrected chi connectivity index (χ0v) is 11.2. The van der Waals surface area contributed by atoms with Gasteiger partial charge in [0.05, 0.1) is 13.1 Å². The van der Waals surface area contributed by atoms with Crippen LogP contribution in [0.5, 0.6) is 0 Å². The Kier molecular flexibility index (Phi) is 4.71. The van der Waals surface area contributed by atoms with Crippen molar-refractivity contribution in [3.63, 3.8) is 0 Å². The Labute approximate surface area is 116 Å². The molecule has 0 atom stereocenters. The van der Waals surface area contributed by atoms with Crippen molar-refractivity contribution in [2.75, 3.05) is 6.54 Å². The zero-order valence-electron chi connectivity index (χ0n) is 10.4. The number of nitrogens with zero attached hydrogens (tertiary/aromatic N) is 2. The Balaban J connectivity index is 2.15. The molecule has 0 amide bonds. The summed E-state index contributed by atoms with van der Waals surface area (Å²) in [5, 5.41) is 3.59. The lowest BCUT2D eigenvalue weighted by Gasteiger charge is -2.10. The van der Waals surface area contributed by atoms with Crippen LogP contribution in [0, 0.1) is 5.82 Å². The maximum absolute atomic E-state index is 13.7. The number of imidazole rings is 1. The van der Waals surface area contributed by atoms with Crippen molar-refractivity contribution in [3.05, 3.63) is 65.5 Å². The van der Waals surface area contributed by atoms with E-state index in [4.69, 9.17) is 11.6 Å². The van der Waals surface area contributed by atoms with E-state index in [2.05, 4.69) is 16.9 Å². The average Bonchev–Trinajstić information content (AvgIpc) is 2.82. The predicted molar refractivity (Wildman–Crippen MR) is 74.6 cm³/mol. The monoisotopic (exact) mass is 279 g/mol. The third-order valence-corrected chi connectivity index (χ3v) is 3.12. The molecule has 3 nitrogen and oxygen atoms in total. The van der Waals surface area contributed by atoms with Crippen molar-refractivity contribution in [1.82, 2.24) is 14.9 Å². The van der Waals surface area contributed by atoms with E-state index in [0.717, 1.165) is 5.82 Å². The van der Waals surface area contributed by atoms with E-state index in [1.54, 1.807) is 24.4 Å². The molecular weight excluding hydrogens is 265 g/mol. The predicted octanol–water partition coefficient (Wildman–Crippen LogP) is 3.00. The molecule has 0 aliphatic heterocycles. The number of benzene rings is 1. The first kappa shape index (κ1) is 13.8. The Bertz CT molecular complexity index is 545. The first-order valence-electron chi connectivity index (χ1n) is 5.97. The van der Waals surface area contributed by atoms with Gasteiger partial charge in [-0.1, -0.05) is 23.7 Å². The number of aromatic nitrogens is 2. The van der Waals surface area contributed by atoms with Crippen LogP contribution in [0.4, 0.5) is 4.39 Å². The molecule has 0 fully saturated rings. The minimum absolute atomic E-state index is 0.300. The second-order valence-electron chi connectivity index (χ2n) is 4.09. The highest BCUT2D eigenvalue weighted by Crippen LogP contribution is 2.20. The molecule has 2 aromatic rings. The smallest absolute Gasteiger partial charge is 0.129 e. The normalized spacial score (nSPS) is 10.6. The van der Waals surface area contributed by atoms with Gasteiger partial charge in [0.15, 0.2) is 0 Å². The van der Waals surface area contributed by atoms with E-state index < -0.39 is 0 Å². The van der Waals surface area contributed by atoms with E-state index in [9.17, 15) is 4.39 Å². The standard InChI is InChI=1S/C14H15ClFN3/c1-2-6-17-9-14-18-7-8-19(14)10-11-12(15)4-3-5-13(11)16/h2-5,7-8,17H,1,6,9-10H2. The fraction of sp³-hybridized carbons (Fsp3) is 0.214. The van der Waals surface area contributed by atoms with Gasteiger partial charge in [-0.15, -0.1) is 6.58 Å². The highest BCUT2D eigenvalue weighted by atomic mass is 35.5. The van der Waals surface area contributed by atoms with Crippen LogP contribution in [0.1, 0.15) is 11.4 Å². The van der Waals surface area contributed by atoms with Gasteiger partial charge in [0.25, 0.3) is 0 Å². The maximum Gasteiger partial charge on any atom is 0.129 e. The van der Waals surface area contributed by atoms with Gasteiger partial charge >= 0.3 is 0 Å². The minimum Gasteiger partial charge on any atom is -0.329 e. The van der Waals surface area contributed by atoms with Crippen molar-refractivity contribution in [3.8, 4) is 0 Å². The summed E-state index contributed by atoms with van der Waals surface area (Å²) in [6, 6.07) is 4.70. The molecule has 0 unspecified atom stereocenters. The van der Waals surface area contributed by atoms with Crippen LogP contribution in [-0.4, -0.2) is 16.1 Å². The van der Waals surface area contributed by atoms with E-state index in [1.807, 2.05) is 10.8 Å². The Morgan fingerprint density at radius 1 is 1.47 bits per heavy atom. The number of rotatable bonds is 6. The number of hydrogen-bond donors (Lipinski definition) is 1. The molecule has 0 aliphatic carbocycles. The molecule has 5 heteroatoms. The molecule has 0 saturated heterocycles. The summed E-state index contributed by atoms with van der Waals surface area (Å²) in [7, 11) is 0. The van der Waals surface area contributed by atoms with Crippen LogP contribution in [0.25, 0.3) is 0 Å². The molecule has 2 rings (SSSR count). The molecule has 0 spiro atoms. The third-order valence-electron chi connectivity index (χ3n) is 2.76. The summed E-state index contributed by atoms with van der Waals surface area (Å²) in [6.45, 7) is 5.31. The highest BCUT2D eigenvalue weighted by molar-refractivity contribution is 6.31. The quantitative estimate of drug-likeness (QED) is 0.651. The summed E-state index contributed by atoms with van der Waals surface area (Å²) < 4.78 is 15.6. The number of halogens is 2. The molecule has 0 radical (unpaired) electrons. The molecule has 0 saturated carbocycles. The second kappa shape index (κ2) is 6.50. The van der Waals surface area contributed by atoms with Gasteiger partial charge in [0.1, 0.15) is 11.6 Å². The first-order valence-corrected chi connectivity index (χ1v) is 6.34. The summed E-state index contributed by atoms with van der Waals surface area (Å²) in [5.74, 6) is 0.535. The van der Waals surface area contributed by atoms with Crippen LogP contribution in [-0.2, 0) is 13.1 Å². The summed E-state index contributed by atoms with van der Waals surface area (Å²) in [4.78, 5) is 4.24. The van der Waals surface area contributed by atoms with Gasteiger partial charge in [-0.05, 0) is 12.1 Å². The lowest BCUT2D eigenvalue weighted by atomic mass is 10.2. The molecular formula is C14H15ClFN3. The van der Waals surface area contributed by atoms with Gasteiger partial charge in [-0.3, -0.25) is 0 Å². The van der Waals surface area contributed by atoms with Crippen LogP contribution >= 0.6 is 11.6 Å².